The molecular formula is C14H19N3O. The number of hydrogen-bond donors (Lipinski definition) is 2. The Balaban J connectivity index is 1.79. The molecule has 2 rings (SSSR count). The summed E-state index contributed by atoms with van der Waals surface area (Å²) < 4.78 is 0. The molecule has 0 aliphatic carbocycles. The van der Waals surface area contributed by atoms with Gasteiger partial charge in [-0.2, -0.15) is 5.26 Å². The molecule has 18 heavy (non-hydrogen) atoms. The first-order valence-electron chi connectivity index (χ1n) is 6.34. The summed E-state index contributed by atoms with van der Waals surface area (Å²) in [5, 5.41) is 22.1. The van der Waals surface area contributed by atoms with Crippen LogP contribution >= 0.6 is 0 Å². The quantitative estimate of drug-likeness (QED) is 0.768. The highest BCUT2D eigenvalue weighted by atomic mass is 16.3. The highest BCUT2D eigenvalue weighted by Crippen LogP contribution is 2.11. The van der Waals surface area contributed by atoms with Crippen LogP contribution in [0.15, 0.2) is 30.3 Å². The van der Waals surface area contributed by atoms with Crippen molar-refractivity contribution in [1.82, 2.24) is 10.2 Å². The number of β-amino-alcohol motifs (C(OH)–C–C–N with tert-alkyl or cyclic N) is 1. The zero-order valence-electron chi connectivity index (χ0n) is 10.4. The monoisotopic (exact) mass is 245 g/mol. The normalized spacial score (nSPS) is 24.7. The summed E-state index contributed by atoms with van der Waals surface area (Å²) in [6.45, 7) is 2.64. The zero-order valence-corrected chi connectivity index (χ0v) is 10.4. The van der Waals surface area contributed by atoms with Gasteiger partial charge in [-0.3, -0.25) is 4.90 Å². The lowest BCUT2D eigenvalue weighted by Crippen LogP contribution is -2.52. The van der Waals surface area contributed by atoms with Crippen LogP contribution in [0.5, 0.6) is 0 Å². The molecule has 4 heteroatoms. The van der Waals surface area contributed by atoms with Crippen molar-refractivity contribution in [2.45, 2.75) is 25.1 Å². The standard InChI is InChI=1S/C14H19N3O/c15-7-9-17-8-6-13(14(18)11-17)16-10-12-4-2-1-3-5-12/h1-5,13-14,16,18H,6,8-11H2. The molecule has 1 aliphatic heterocycles. The van der Waals surface area contributed by atoms with Gasteiger partial charge in [-0.1, -0.05) is 30.3 Å². The van der Waals surface area contributed by atoms with Crippen molar-refractivity contribution in [2.75, 3.05) is 19.6 Å². The Labute approximate surface area is 108 Å². The smallest absolute Gasteiger partial charge is 0.0866 e. The van der Waals surface area contributed by atoms with Gasteiger partial charge in [0.15, 0.2) is 0 Å². The molecule has 0 aromatic heterocycles. The number of likely N-dealkylation sites (tertiary alicyclic amines) is 1. The Hall–Kier alpha value is -1.41. The van der Waals surface area contributed by atoms with Gasteiger partial charge in [-0.05, 0) is 12.0 Å². The summed E-state index contributed by atoms with van der Waals surface area (Å²) in [4.78, 5) is 1.99. The molecule has 1 fully saturated rings. The van der Waals surface area contributed by atoms with Gasteiger partial charge in [0, 0.05) is 25.7 Å². The van der Waals surface area contributed by atoms with Crippen LogP contribution in [0, 0.1) is 11.3 Å². The maximum Gasteiger partial charge on any atom is 0.0866 e. The van der Waals surface area contributed by atoms with E-state index in [1.807, 2.05) is 23.1 Å². The summed E-state index contributed by atoms with van der Waals surface area (Å²) in [6, 6.07) is 12.4. The van der Waals surface area contributed by atoms with Gasteiger partial charge in [0.25, 0.3) is 0 Å². The third-order valence-electron chi connectivity index (χ3n) is 3.37. The van der Waals surface area contributed by atoms with Gasteiger partial charge in [0.05, 0.1) is 18.7 Å². The highest BCUT2D eigenvalue weighted by Gasteiger charge is 2.26. The fraction of sp³-hybridized carbons (Fsp3) is 0.500. The second-order valence-electron chi connectivity index (χ2n) is 4.72. The van der Waals surface area contributed by atoms with Gasteiger partial charge in [0.2, 0.25) is 0 Å². The molecule has 1 aromatic carbocycles. The van der Waals surface area contributed by atoms with Crippen LogP contribution in [0.25, 0.3) is 0 Å². The second kappa shape index (κ2) is 6.50. The number of nitrogens with zero attached hydrogens (tertiary/aromatic N) is 2. The Bertz CT molecular complexity index is 401. The number of rotatable bonds is 4. The predicted molar refractivity (Wildman–Crippen MR) is 69.7 cm³/mol. The average Bonchev–Trinajstić information content (AvgIpc) is 2.39. The molecule has 1 heterocycles. The zero-order chi connectivity index (χ0) is 12.8. The van der Waals surface area contributed by atoms with Crippen LogP contribution in [-0.4, -0.2) is 41.8 Å². The van der Waals surface area contributed by atoms with Gasteiger partial charge in [-0.15, -0.1) is 0 Å². The van der Waals surface area contributed by atoms with Crippen LogP contribution in [-0.2, 0) is 6.54 Å². The largest absolute Gasteiger partial charge is 0.390 e. The molecule has 1 aliphatic rings. The highest BCUT2D eigenvalue weighted by molar-refractivity contribution is 5.14. The fourth-order valence-corrected chi connectivity index (χ4v) is 2.32. The molecule has 0 radical (unpaired) electrons. The summed E-state index contributed by atoms with van der Waals surface area (Å²) in [5.41, 5.74) is 1.23. The van der Waals surface area contributed by atoms with Crippen LogP contribution in [0.4, 0.5) is 0 Å². The lowest BCUT2D eigenvalue weighted by molar-refractivity contribution is 0.0457. The minimum Gasteiger partial charge on any atom is -0.390 e. The van der Waals surface area contributed by atoms with Crippen molar-refractivity contribution in [3.63, 3.8) is 0 Å². The molecule has 96 valence electrons. The summed E-state index contributed by atoms with van der Waals surface area (Å²) >= 11 is 0. The summed E-state index contributed by atoms with van der Waals surface area (Å²) in [6.07, 6.45) is 0.492. The number of aliphatic hydroxyl groups excluding tert-OH is 1. The van der Waals surface area contributed by atoms with E-state index in [0.717, 1.165) is 19.5 Å². The second-order valence-corrected chi connectivity index (χ2v) is 4.72. The maximum atomic E-state index is 10.0. The topological polar surface area (TPSA) is 59.3 Å². The maximum absolute atomic E-state index is 10.0. The number of benzene rings is 1. The molecule has 0 saturated carbocycles. The van der Waals surface area contributed by atoms with E-state index < -0.39 is 6.10 Å². The third kappa shape index (κ3) is 3.54. The van der Waals surface area contributed by atoms with Gasteiger partial charge < -0.3 is 10.4 Å². The summed E-state index contributed by atoms with van der Waals surface area (Å²) in [5.74, 6) is 0. The lowest BCUT2D eigenvalue weighted by Gasteiger charge is -2.35. The lowest BCUT2D eigenvalue weighted by atomic mass is 10.0. The van der Waals surface area contributed by atoms with E-state index in [0.29, 0.717) is 13.1 Å². The van der Waals surface area contributed by atoms with Crippen molar-refractivity contribution in [1.29, 1.82) is 5.26 Å². The van der Waals surface area contributed by atoms with Crippen molar-refractivity contribution in [3.05, 3.63) is 35.9 Å². The third-order valence-corrected chi connectivity index (χ3v) is 3.37. The Morgan fingerprint density at radius 1 is 1.39 bits per heavy atom. The van der Waals surface area contributed by atoms with E-state index >= 15 is 0 Å². The van der Waals surface area contributed by atoms with E-state index in [4.69, 9.17) is 5.26 Å². The molecule has 1 aromatic rings. The molecule has 0 bridgehead atoms. The minimum atomic E-state index is -0.393. The molecule has 2 unspecified atom stereocenters. The van der Waals surface area contributed by atoms with E-state index in [9.17, 15) is 5.11 Å². The number of nitrogens with one attached hydrogen (secondary N) is 1. The van der Waals surface area contributed by atoms with E-state index in [-0.39, 0.29) is 6.04 Å². The van der Waals surface area contributed by atoms with Crippen LogP contribution in [0.1, 0.15) is 12.0 Å². The molecule has 1 saturated heterocycles. The molecular weight excluding hydrogens is 226 g/mol. The Kier molecular flexibility index (Phi) is 4.71. The minimum absolute atomic E-state index is 0.125. The first-order valence-corrected chi connectivity index (χ1v) is 6.34. The van der Waals surface area contributed by atoms with E-state index in [1.54, 1.807) is 0 Å². The van der Waals surface area contributed by atoms with Crippen LogP contribution in [0.3, 0.4) is 0 Å². The SMILES string of the molecule is N#CCN1CCC(NCc2ccccc2)C(O)C1. The molecule has 2 N–H and O–H groups in total. The molecule has 2 atom stereocenters. The molecule has 0 spiro atoms. The number of piperidine rings is 1. The first kappa shape index (κ1) is 13.0. The number of nitriles is 1. The van der Waals surface area contributed by atoms with Crippen molar-refractivity contribution in [2.24, 2.45) is 0 Å². The Morgan fingerprint density at radius 2 is 2.17 bits per heavy atom. The summed E-state index contributed by atoms with van der Waals surface area (Å²) in [7, 11) is 0. The van der Waals surface area contributed by atoms with Crippen molar-refractivity contribution < 1.29 is 5.11 Å². The number of aliphatic hydroxyl groups is 1. The van der Waals surface area contributed by atoms with Crippen LogP contribution in [0.2, 0.25) is 0 Å². The number of hydrogen-bond acceptors (Lipinski definition) is 4. The fourth-order valence-electron chi connectivity index (χ4n) is 2.32. The average molecular weight is 245 g/mol. The van der Waals surface area contributed by atoms with E-state index in [2.05, 4.69) is 23.5 Å². The van der Waals surface area contributed by atoms with Gasteiger partial charge >= 0.3 is 0 Å². The van der Waals surface area contributed by atoms with Crippen molar-refractivity contribution in [3.8, 4) is 6.07 Å². The van der Waals surface area contributed by atoms with E-state index in [1.165, 1.54) is 5.56 Å². The first-order chi connectivity index (χ1) is 8.79. The molecule has 0 amide bonds. The van der Waals surface area contributed by atoms with Crippen molar-refractivity contribution >= 4 is 0 Å². The van der Waals surface area contributed by atoms with Crippen LogP contribution < -0.4 is 5.32 Å². The van der Waals surface area contributed by atoms with Gasteiger partial charge in [-0.25, -0.2) is 0 Å². The Morgan fingerprint density at radius 3 is 2.83 bits per heavy atom. The van der Waals surface area contributed by atoms with Gasteiger partial charge in [0.1, 0.15) is 0 Å². The molecule has 4 nitrogen and oxygen atoms in total. The predicted octanol–water partition coefficient (Wildman–Crippen LogP) is 0.735.